The summed E-state index contributed by atoms with van der Waals surface area (Å²) in [6.07, 6.45) is 2.03. The third-order valence-electron chi connectivity index (χ3n) is 5.54. The van der Waals surface area contributed by atoms with Crippen molar-refractivity contribution in [1.29, 1.82) is 0 Å². The maximum Gasteiger partial charge on any atom is 0.266 e. The summed E-state index contributed by atoms with van der Waals surface area (Å²) in [4.78, 5) is 22.0. The summed E-state index contributed by atoms with van der Waals surface area (Å²) >= 11 is 0. The lowest BCUT2D eigenvalue weighted by Gasteiger charge is -2.24. The molecule has 0 aliphatic carbocycles. The highest BCUT2D eigenvalue weighted by Gasteiger charge is 2.23. The fourth-order valence-electron chi connectivity index (χ4n) is 4.04. The molecule has 0 saturated heterocycles. The van der Waals surface area contributed by atoms with Gasteiger partial charge in [0.05, 0.1) is 23.8 Å². The monoisotopic (exact) mass is 434 g/mol. The molecule has 32 heavy (non-hydrogen) atoms. The smallest absolute Gasteiger partial charge is 0.266 e. The van der Waals surface area contributed by atoms with Crippen LogP contribution in [-0.4, -0.2) is 21.2 Å². The Labute approximate surface area is 182 Å². The molecule has 3 N–H and O–H groups in total. The predicted molar refractivity (Wildman–Crippen MR) is 120 cm³/mol. The summed E-state index contributed by atoms with van der Waals surface area (Å²) < 4.78 is 30.0. The molecule has 1 aliphatic heterocycles. The summed E-state index contributed by atoms with van der Waals surface area (Å²) in [5, 5.41) is 10.1. The van der Waals surface area contributed by atoms with Crippen molar-refractivity contribution >= 4 is 28.1 Å². The molecule has 1 atom stereocenters. The number of hydrogen-bond acceptors (Lipinski definition) is 6. The van der Waals surface area contributed by atoms with Crippen molar-refractivity contribution in [2.24, 2.45) is 0 Å². The Morgan fingerprint density at radius 3 is 2.78 bits per heavy atom. The van der Waals surface area contributed by atoms with Gasteiger partial charge in [0.25, 0.3) is 5.56 Å². The van der Waals surface area contributed by atoms with Crippen LogP contribution >= 0.6 is 0 Å². The molecule has 2 aromatic heterocycles. The van der Waals surface area contributed by atoms with Gasteiger partial charge in [-0.3, -0.25) is 9.36 Å². The summed E-state index contributed by atoms with van der Waals surface area (Å²) in [5.74, 6) is 0.151. The molecule has 3 heterocycles. The van der Waals surface area contributed by atoms with E-state index in [1.54, 1.807) is 24.3 Å². The quantitative estimate of drug-likeness (QED) is 0.431. The van der Waals surface area contributed by atoms with E-state index in [0.29, 0.717) is 41.5 Å². The van der Waals surface area contributed by atoms with Gasteiger partial charge in [0.1, 0.15) is 23.6 Å². The summed E-state index contributed by atoms with van der Waals surface area (Å²) in [5.41, 5.74) is 1.08. The van der Waals surface area contributed by atoms with E-state index in [1.807, 2.05) is 6.92 Å². The van der Waals surface area contributed by atoms with Crippen LogP contribution in [-0.2, 0) is 0 Å². The van der Waals surface area contributed by atoms with Crippen LogP contribution in [0.15, 0.2) is 59.7 Å². The first-order chi connectivity index (χ1) is 15.6. The lowest BCUT2D eigenvalue weighted by atomic mass is 10.0. The van der Waals surface area contributed by atoms with Gasteiger partial charge in [0.15, 0.2) is 11.6 Å². The van der Waals surface area contributed by atoms with Crippen LogP contribution < -0.4 is 21.5 Å². The molecule has 0 unspecified atom stereocenters. The topological polar surface area (TPSA) is 83.9 Å². The van der Waals surface area contributed by atoms with Crippen molar-refractivity contribution in [2.75, 3.05) is 22.6 Å². The molecule has 162 valence electrons. The Bertz CT molecular complexity index is 1390. The Kier molecular flexibility index (Phi) is 4.93. The van der Waals surface area contributed by atoms with Gasteiger partial charge in [-0.25, -0.2) is 18.7 Å². The number of aromatic nitrogens is 3. The number of fused-ring (bicyclic) bond motifs is 2. The fraction of sp³-hybridized carbons (Fsp3) is 0.174. The van der Waals surface area contributed by atoms with Gasteiger partial charge in [-0.15, -0.1) is 0 Å². The van der Waals surface area contributed by atoms with E-state index < -0.39 is 17.2 Å². The minimum absolute atomic E-state index is 0.0378. The molecule has 9 heteroatoms. The zero-order valence-corrected chi connectivity index (χ0v) is 17.2. The number of rotatable bonds is 5. The van der Waals surface area contributed by atoms with Crippen LogP contribution in [0, 0.1) is 11.6 Å². The molecule has 0 amide bonds. The first-order valence-electron chi connectivity index (χ1n) is 10.3. The zero-order valence-electron chi connectivity index (χ0n) is 17.2. The van der Waals surface area contributed by atoms with Crippen LogP contribution in [0.2, 0.25) is 0 Å². The van der Waals surface area contributed by atoms with Gasteiger partial charge in [-0.1, -0.05) is 25.1 Å². The van der Waals surface area contributed by atoms with Crippen LogP contribution in [0.25, 0.3) is 16.5 Å². The third kappa shape index (κ3) is 3.31. The highest BCUT2D eigenvalue weighted by molar-refractivity contribution is 5.84. The van der Waals surface area contributed by atoms with E-state index in [4.69, 9.17) is 0 Å². The first-order valence-corrected chi connectivity index (χ1v) is 10.3. The molecular formula is C23H20F2N6O. The second-order valence-electron chi connectivity index (χ2n) is 7.48. The molecule has 0 fully saturated rings. The molecule has 0 radical (unpaired) electrons. The highest BCUT2D eigenvalue weighted by atomic mass is 19.1. The number of benzene rings is 2. The summed E-state index contributed by atoms with van der Waals surface area (Å²) in [6.45, 7) is 2.49. The number of hydrogen-bond donors (Lipinski definition) is 3. The summed E-state index contributed by atoms with van der Waals surface area (Å²) in [6, 6.07) is 11.6. The molecule has 1 aliphatic rings. The molecule has 7 nitrogen and oxygen atoms in total. The Morgan fingerprint density at radius 1 is 1.12 bits per heavy atom. The number of nitrogens with zero attached hydrogens (tertiary/aromatic N) is 3. The number of halogens is 2. The van der Waals surface area contributed by atoms with Crippen molar-refractivity contribution < 1.29 is 8.78 Å². The van der Waals surface area contributed by atoms with Gasteiger partial charge >= 0.3 is 0 Å². The normalized spacial score (nSPS) is 13.3. The minimum Gasteiger partial charge on any atom is -0.362 e. The maximum atomic E-state index is 14.6. The second-order valence-corrected chi connectivity index (χ2v) is 7.48. The van der Waals surface area contributed by atoms with Crippen LogP contribution in [0.3, 0.4) is 0 Å². The maximum absolute atomic E-state index is 14.6. The first kappa shape index (κ1) is 19.9. The van der Waals surface area contributed by atoms with Gasteiger partial charge in [-0.2, -0.15) is 0 Å². The molecule has 2 aromatic carbocycles. The largest absolute Gasteiger partial charge is 0.362 e. The zero-order chi connectivity index (χ0) is 22.2. The van der Waals surface area contributed by atoms with E-state index in [-0.39, 0.29) is 11.4 Å². The van der Waals surface area contributed by atoms with E-state index >= 15 is 0 Å². The minimum atomic E-state index is -0.617. The lowest BCUT2D eigenvalue weighted by Crippen LogP contribution is -2.27. The molecule has 0 spiro atoms. The van der Waals surface area contributed by atoms with Gasteiger partial charge in [0, 0.05) is 5.69 Å². The number of anilines is 3. The highest BCUT2D eigenvalue weighted by Crippen LogP contribution is 2.34. The molecule has 0 saturated carbocycles. The van der Waals surface area contributed by atoms with Gasteiger partial charge in [-0.05, 0) is 42.1 Å². The van der Waals surface area contributed by atoms with Crippen molar-refractivity contribution in [3.63, 3.8) is 0 Å². The van der Waals surface area contributed by atoms with Gasteiger partial charge in [0.2, 0.25) is 0 Å². The van der Waals surface area contributed by atoms with Crippen molar-refractivity contribution in [2.45, 2.75) is 19.4 Å². The second kappa shape index (κ2) is 7.92. The van der Waals surface area contributed by atoms with Crippen LogP contribution in [0.1, 0.15) is 25.1 Å². The van der Waals surface area contributed by atoms with Crippen LogP contribution in [0.5, 0.6) is 0 Å². The lowest BCUT2D eigenvalue weighted by molar-refractivity contribution is 0.623. The Balaban J connectivity index is 1.72. The SMILES string of the molecule is CC[C@H](Nc1ncnc2c1NCN2)c1cc2cccc(F)c2c(=O)n1-c1cccc(F)c1. The molecule has 4 aromatic rings. The Morgan fingerprint density at radius 2 is 1.97 bits per heavy atom. The van der Waals surface area contributed by atoms with E-state index in [9.17, 15) is 13.6 Å². The van der Waals surface area contributed by atoms with Crippen molar-refractivity contribution in [3.05, 3.63) is 82.5 Å². The van der Waals surface area contributed by atoms with Crippen molar-refractivity contribution in [1.82, 2.24) is 14.5 Å². The van der Waals surface area contributed by atoms with Crippen LogP contribution in [0.4, 0.5) is 26.1 Å². The summed E-state index contributed by atoms with van der Waals surface area (Å²) in [7, 11) is 0. The number of pyridine rings is 1. The predicted octanol–water partition coefficient (Wildman–Crippen LogP) is 4.42. The van der Waals surface area contributed by atoms with Crippen molar-refractivity contribution in [3.8, 4) is 5.69 Å². The Hall–Kier alpha value is -4.01. The number of nitrogens with one attached hydrogen (secondary N) is 3. The fourth-order valence-corrected chi connectivity index (χ4v) is 4.04. The molecule has 0 bridgehead atoms. The van der Waals surface area contributed by atoms with E-state index in [1.165, 1.54) is 35.2 Å². The average molecular weight is 434 g/mol. The van der Waals surface area contributed by atoms with E-state index in [2.05, 4.69) is 25.9 Å². The van der Waals surface area contributed by atoms with E-state index in [0.717, 1.165) is 5.69 Å². The average Bonchev–Trinajstić information content (AvgIpc) is 3.27. The molecular weight excluding hydrogens is 414 g/mol. The van der Waals surface area contributed by atoms with Gasteiger partial charge < -0.3 is 16.0 Å². The standard InChI is InChI=1S/C23H20F2N6O/c1-2-17(30-22-20-21(27-11-26-20)28-12-29-22)18-9-13-5-3-8-16(25)19(13)23(32)31(18)15-7-4-6-14(24)10-15/h3-10,12,17,26H,2,11H2,1H3,(H2,27,28,29,30)/t17-/m0/s1. The molecule has 5 rings (SSSR count). The third-order valence-corrected chi connectivity index (χ3v) is 5.54.